The third kappa shape index (κ3) is 3.11. The molecule has 1 amide bonds. The Morgan fingerprint density at radius 3 is 2.73 bits per heavy atom. The number of nitrogens with one attached hydrogen (secondary N) is 1. The van der Waals surface area contributed by atoms with E-state index in [9.17, 15) is 9.18 Å². The molecule has 1 unspecified atom stereocenters. The molecule has 0 saturated heterocycles. The highest BCUT2D eigenvalue weighted by Gasteiger charge is 2.26. The van der Waals surface area contributed by atoms with Gasteiger partial charge in [-0.2, -0.15) is 0 Å². The summed E-state index contributed by atoms with van der Waals surface area (Å²) < 4.78 is 12.8. The van der Waals surface area contributed by atoms with Crippen molar-refractivity contribution < 1.29 is 9.18 Å². The molecule has 1 aliphatic rings. The summed E-state index contributed by atoms with van der Waals surface area (Å²) >= 11 is 0. The molecule has 0 fully saturated rings. The Balaban J connectivity index is 1.58. The van der Waals surface area contributed by atoms with Crippen molar-refractivity contribution in [3.8, 4) is 0 Å². The van der Waals surface area contributed by atoms with Crippen molar-refractivity contribution in [1.82, 2.24) is 5.32 Å². The van der Waals surface area contributed by atoms with Gasteiger partial charge in [-0.1, -0.05) is 37.3 Å². The lowest BCUT2D eigenvalue weighted by Gasteiger charge is -2.19. The van der Waals surface area contributed by atoms with Crippen molar-refractivity contribution in [3.05, 3.63) is 65.5 Å². The van der Waals surface area contributed by atoms with E-state index in [1.54, 1.807) is 12.1 Å². The molecule has 2 aromatic rings. The van der Waals surface area contributed by atoms with Gasteiger partial charge in [0.25, 0.3) is 0 Å². The number of para-hydroxylation sites is 1. The summed E-state index contributed by atoms with van der Waals surface area (Å²) in [6.07, 6.45) is 0. The predicted octanol–water partition coefficient (Wildman–Crippen LogP) is 3.07. The van der Waals surface area contributed by atoms with Gasteiger partial charge < -0.3 is 10.2 Å². The molecule has 1 heterocycles. The normalized spacial score (nSPS) is 16.5. The summed E-state index contributed by atoms with van der Waals surface area (Å²) in [4.78, 5) is 14.2. The first-order chi connectivity index (χ1) is 10.6. The van der Waals surface area contributed by atoms with Gasteiger partial charge >= 0.3 is 0 Å². The van der Waals surface area contributed by atoms with Crippen LogP contribution in [0.2, 0.25) is 0 Å². The fourth-order valence-corrected chi connectivity index (χ4v) is 2.90. The zero-order valence-corrected chi connectivity index (χ0v) is 12.6. The quantitative estimate of drug-likeness (QED) is 0.941. The van der Waals surface area contributed by atoms with E-state index >= 15 is 0 Å². The molecule has 0 saturated carbocycles. The maximum absolute atomic E-state index is 12.8. The van der Waals surface area contributed by atoms with Crippen LogP contribution < -0.4 is 10.2 Å². The summed E-state index contributed by atoms with van der Waals surface area (Å²) in [5, 5.41) is 2.89. The molecule has 3 nitrogen and oxygen atoms in total. The summed E-state index contributed by atoms with van der Waals surface area (Å²) in [5.41, 5.74) is 3.34. The topological polar surface area (TPSA) is 32.3 Å². The number of hydrogen-bond acceptors (Lipinski definition) is 2. The van der Waals surface area contributed by atoms with Crippen LogP contribution in [0.1, 0.15) is 24.0 Å². The number of rotatable bonds is 4. The minimum absolute atomic E-state index is 0.0202. The molecular weight excluding hydrogens is 279 g/mol. The molecule has 22 heavy (non-hydrogen) atoms. The summed E-state index contributed by atoms with van der Waals surface area (Å²) in [5.74, 6) is 0.159. The van der Waals surface area contributed by atoms with Gasteiger partial charge in [0.2, 0.25) is 5.91 Å². The minimum atomic E-state index is -0.266. The van der Waals surface area contributed by atoms with Gasteiger partial charge in [-0.15, -0.1) is 0 Å². The van der Waals surface area contributed by atoms with Gasteiger partial charge in [-0.05, 0) is 29.3 Å². The van der Waals surface area contributed by atoms with E-state index in [0.717, 1.165) is 17.8 Å². The van der Waals surface area contributed by atoms with Crippen molar-refractivity contribution >= 4 is 11.6 Å². The van der Waals surface area contributed by atoms with Crippen molar-refractivity contribution in [3.63, 3.8) is 0 Å². The SMILES string of the molecule is CC1CN(CC(=O)NCc2ccc(F)cc2)c2ccccc21. The second-order valence-electron chi connectivity index (χ2n) is 5.74. The Kier molecular flexibility index (Phi) is 4.09. The number of carbonyl (C=O) groups excluding carboxylic acids is 1. The lowest BCUT2D eigenvalue weighted by atomic mass is 10.0. The van der Waals surface area contributed by atoms with Gasteiger partial charge in [0.15, 0.2) is 0 Å². The molecule has 114 valence electrons. The van der Waals surface area contributed by atoms with Crippen LogP contribution in [0.25, 0.3) is 0 Å². The van der Waals surface area contributed by atoms with Gasteiger partial charge in [-0.3, -0.25) is 4.79 Å². The highest BCUT2D eigenvalue weighted by Crippen LogP contribution is 2.35. The Bertz CT molecular complexity index is 669. The fraction of sp³-hybridized carbons (Fsp3) is 0.278. The molecule has 0 bridgehead atoms. The van der Waals surface area contributed by atoms with Gasteiger partial charge in [0, 0.05) is 24.7 Å². The Labute approximate surface area is 129 Å². The lowest BCUT2D eigenvalue weighted by Crippen LogP contribution is -2.36. The molecule has 0 aromatic heterocycles. The highest BCUT2D eigenvalue weighted by atomic mass is 19.1. The largest absolute Gasteiger partial charge is 0.361 e. The zero-order valence-electron chi connectivity index (χ0n) is 12.6. The summed E-state index contributed by atoms with van der Waals surface area (Å²) in [6.45, 7) is 3.81. The Hall–Kier alpha value is -2.36. The number of halogens is 1. The van der Waals surface area contributed by atoms with Crippen LogP contribution in [0.15, 0.2) is 48.5 Å². The van der Waals surface area contributed by atoms with Crippen LogP contribution in [0, 0.1) is 5.82 Å². The second kappa shape index (κ2) is 6.18. The van der Waals surface area contributed by atoms with E-state index in [1.165, 1.54) is 17.7 Å². The number of anilines is 1. The van der Waals surface area contributed by atoms with Crippen molar-refractivity contribution in [2.45, 2.75) is 19.4 Å². The smallest absolute Gasteiger partial charge is 0.239 e. The van der Waals surface area contributed by atoms with Crippen molar-refractivity contribution in [2.24, 2.45) is 0 Å². The van der Waals surface area contributed by atoms with E-state index in [2.05, 4.69) is 29.3 Å². The average molecular weight is 298 g/mol. The van der Waals surface area contributed by atoms with E-state index in [1.807, 2.05) is 12.1 Å². The van der Waals surface area contributed by atoms with Crippen LogP contribution in [0.5, 0.6) is 0 Å². The number of nitrogens with zero attached hydrogens (tertiary/aromatic N) is 1. The third-order valence-electron chi connectivity index (χ3n) is 4.04. The molecule has 3 rings (SSSR count). The van der Waals surface area contributed by atoms with Crippen LogP contribution in [-0.2, 0) is 11.3 Å². The molecular formula is C18H19FN2O. The van der Waals surface area contributed by atoms with E-state index in [-0.39, 0.29) is 11.7 Å². The van der Waals surface area contributed by atoms with Crippen LogP contribution >= 0.6 is 0 Å². The number of amides is 1. The first-order valence-corrected chi connectivity index (χ1v) is 7.48. The second-order valence-corrected chi connectivity index (χ2v) is 5.74. The highest BCUT2D eigenvalue weighted by molar-refractivity contribution is 5.82. The molecule has 1 aliphatic heterocycles. The molecule has 0 spiro atoms. The number of fused-ring (bicyclic) bond motifs is 1. The third-order valence-corrected chi connectivity index (χ3v) is 4.04. The average Bonchev–Trinajstić information content (AvgIpc) is 2.83. The molecule has 1 atom stereocenters. The summed E-state index contributed by atoms with van der Waals surface area (Å²) in [6, 6.07) is 14.4. The Morgan fingerprint density at radius 1 is 1.23 bits per heavy atom. The fourth-order valence-electron chi connectivity index (χ4n) is 2.90. The molecule has 0 radical (unpaired) electrons. The van der Waals surface area contributed by atoms with E-state index in [0.29, 0.717) is 19.0 Å². The minimum Gasteiger partial charge on any atom is -0.361 e. The standard InChI is InChI=1S/C18H19FN2O/c1-13-11-21(17-5-3-2-4-16(13)17)12-18(22)20-10-14-6-8-15(19)9-7-14/h2-9,13H,10-12H2,1H3,(H,20,22). The van der Waals surface area contributed by atoms with E-state index in [4.69, 9.17) is 0 Å². The first-order valence-electron chi connectivity index (χ1n) is 7.48. The maximum atomic E-state index is 12.8. The monoisotopic (exact) mass is 298 g/mol. The van der Waals surface area contributed by atoms with E-state index < -0.39 is 0 Å². The predicted molar refractivity (Wildman–Crippen MR) is 85.3 cm³/mol. The number of carbonyl (C=O) groups is 1. The zero-order chi connectivity index (χ0) is 15.5. The van der Waals surface area contributed by atoms with Crippen molar-refractivity contribution in [1.29, 1.82) is 0 Å². The molecule has 0 aliphatic carbocycles. The van der Waals surface area contributed by atoms with Crippen molar-refractivity contribution in [2.75, 3.05) is 18.0 Å². The van der Waals surface area contributed by atoms with Gasteiger partial charge in [0.1, 0.15) is 5.82 Å². The molecule has 1 N–H and O–H groups in total. The number of benzene rings is 2. The lowest BCUT2D eigenvalue weighted by molar-refractivity contribution is -0.119. The molecule has 4 heteroatoms. The van der Waals surface area contributed by atoms with Gasteiger partial charge in [-0.25, -0.2) is 4.39 Å². The Morgan fingerprint density at radius 2 is 1.95 bits per heavy atom. The van der Waals surface area contributed by atoms with Crippen LogP contribution in [0.4, 0.5) is 10.1 Å². The maximum Gasteiger partial charge on any atom is 0.239 e. The summed E-state index contributed by atoms with van der Waals surface area (Å²) in [7, 11) is 0. The van der Waals surface area contributed by atoms with Gasteiger partial charge in [0.05, 0.1) is 6.54 Å². The van der Waals surface area contributed by atoms with Crippen LogP contribution in [-0.4, -0.2) is 19.0 Å². The molecule has 2 aromatic carbocycles. The first kappa shape index (κ1) is 14.6. The van der Waals surface area contributed by atoms with Crippen LogP contribution in [0.3, 0.4) is 0 Å². The number of hydrogen-bond donors (Lipinski definition) is 1.